The molecule has 3 aromatic rings. The van der Waals surface area contributed by atoms with Crippen molar-refractivity contribution in [1.29, 1.82) is 0 Å². The SMILES string of the molecule is COC(=O)C1(c2cc(F)cc(OCc3ccc4nc(NN)ccc4c3)c2)CCOCC1. The van der Waals surface area contributed by atoms with Crippen LogP contribution in [0.3, 0.4) is 0 Å². The van der Waals surface area contributed by atoms with E-state index >= 15 is 0 Å². The molecule has 8 heteroatoms. The first-order valence-electron chi connectivity index (χ1n) is 10.0. The number of benzene rings is 2. The number of nitrogens with one attached hydrogen (secondary N) is 1. The second kappa shape index (κ2) is 8.87. The number of esters is 1. The van der Waals surface area contributed by atoms with Gasteiger partial charge in [0.2, 0.25) is 0 Å². The Balaban J connectivity index is 1.57. The largest absolute Gasteiger partial charge is 0.489 e. The van der Waals surface area contributed by atoms with Crippen LogP contribution in [0.25, 0.3) is 10.9 Å². The molecule has 4 rings (SSSR count). The molecule has 0 unspecified atom stereocenters. The van der Waals surface area contributed by atoms with Gasteiger partial charge < -0.3 is 19.6 Å². The molecule has 2 aromatic carbocycles. The maximum absolute atomic E-state index is 14.4. The quantitative estimate of drug-likeness (QED) is 0.355. The Morgan fingerprint density at radius 1 is 1.19 bits per heavy atom. The number of methoxy groups -OCH3 is 1. The van der Waals surface area contributed by atoms with Crippen molar-refractivity contribution >= 4 is 22.7 Å². The molecule has 0 bridgehead atoms. The number of nitrogens with zero attached hydrogens (tertiary/aromatic N) is 1. The van der Waals surface area contributed by atoms with Crippen LogP contribution >= 0.6 is 0 Å². The summed E-state index contributed by atoms with van der Waals surface area (Å²) in [5, 5.41) is 0.937. The first-order valence-corrected chi connectivity index (χ1v) is 10.0. The fourth-order valence-corrected chi connectivity index (χ4v) is 3.96. The third kappa shape index (κ3) is 4.30. The van der Waals surface area contributed by atoms with Crippen molar-refractivity contribution in [3.8, 4) is 5.75 Å². The standard InChI is InChI=1S/C23H24FN3O4/c1-29-22(28)23(6-8-30-9-7-23)17-11-18(24)13-19(12-17)31-14-15-2-4-20-16(10-15)3-5-21(26-20)27-25/h2-5,10-13H,6-9,14,25H2,1H3,(H,26,27). The van der Waals surface area contributed by atoms with Crippen molar-refractivity contribution in [3.63, 3.8) is 0 Å². The van der Waals surface area contributed by atoms with E-state index < -0.39 is 11.2 Å². The van der Waals surface area contributed by atoms with E-state index in [1.807, 2.05) is 24.3 Å². The average molecular weight is 425 g/mol. The van der Waals surface area contributed by atoms with Gasteiger partial charge in [0.05, 0.1) is 18.0 Å². The van der Waals surface area contributed by atoms with Crippen LogP contribution in [0.15, 0.2) is 48.5 Å². The first kappa shape index (κ1) is 21.0. The Morgan fingerprint density at radius 3 is 2.74 bits per heavy atom. The predicted octanol–water partition coefficient (Wildman–Crippen LogP) is 3.46. The van der Waals surface area contributed by atoms with Gasteiger partial charge in [-0.25, -0.2) is 15.2 Å². The smallest absolute Gasteiger partial charge is 0.316 e. The topological polar surface area (TPSA) is 95.7 Å². The Morgan fingerprint density at radius 2 is 2.00 bits per heavy atom. The molecule has 1 aliphatic rings. The number of hydrazine groups is 1. The number of pyridine rings is 1. The van der Waals surface area contributed by atoms with Crippen LogP contribution in [0.1, 0.15) is 24.0 Å². The van der Waals surface area contributed by atoms with Crippen molar-refractivity contribution in [1.82, 2.24) is 4.98 Å². The minimum Gasteiger partial charge on any atom is -0.489 e. The van der Waals surface area contributed by atoms with Gasteiger partial charge in [-0.15, -0.1) is 0 Å². The summed E-state index contributed by atoms with van der Waals surface area (Å²) in [6.45, 7) is 1.06. The molecule has 0 atom stereocenters. The average Bonchev–Trinajstić information content (AvgIpc) is 2.81. The monoisotopic (exact) mass is 425 g/mol. The summed E-state index contributed by atoms with van der Waals surface area (Å²) in [7, 11) is 1.34. The van der Waals surface area contributed by atoms with E-state index in [2.05, 4.69) is 10.4 Å². The van der Waals surface area contributed by atoms with Crippen LogP contribution in [0.5, 0.6) is 5.75 Å². The molecule has 3 N–H and O–H groups in total. The maximum atomic E-state index is 14.4. The molecule has 31 heavy (non-hydrogen) atoms. The summed E-state index contributed by atoms with van der Waals surface area (Å²) < 4.78 is 30.8. The number of carbonyl (C=O) groups is 1. The summed E-state index contributed by atoms with van der Waals surface area (Å²) in [5.41, 5.74) is 3.83. The summed E-state index contributed by atoms with van der Waals surface area (Å²) in [5.74, 6) is 5.48. The zero-order chi connectivity index (χ0) is 21.8. The molecule has 0 spiro atoms. The molecule has 7 nitrogen and oxygen atoms in total. The van der Waals surface area contributed by atoms with Gasteiger partial charge in [0.15, 0.2) is 0 Å². The first-order chi connectivity index (χ1) is 15.0. The third-order valence-electron chi connectivity index (χ3n) is 5.65. The zero-order valence-corrected chi connectivity index (χ0v) is 17.2. The second-order valence-electron chi connectivity index (χ2n) is 7.52. The van der Waals surface area contributed by atoms with Gasteiger partial charge in [-0.2, -0.15) is 0 Å². The van der Waals surface area contributed by atoms with Gasteiger partial charge in [0.25, 0.3) is 0 Å². The van der Waals surface area contributed by atoms with Crippen molar-refractivity contribution in [3.05, 3.63) is 65.5 Å². The molecule has 1 aliphatic heterocycles. The minimum absolute atomic E-state index is 0.240. The maximum Gasteiger partial charge on any atom is 0.316 e. The van der Waals surface area contributed by atoms with Gasteiger partial charge in [-0.3, -0.25) is 4.79 Å². The Labute approximate surface area is 179 Å². The molecule has 0 aliphatic carbocycles. The van der Waals surface area contributed by atoms with Crippen LogP contribution < -0.4 is 16.0 Å². The van der Waals surface area contributed by atoms with E-state index in [-0.39, 0.29) is 12.6 Å². The fourth-order valence-electron chi connectivity index (χ4n) is 3.96. The van der Waals surface area contributed by atoms with E-state index in [0.29, 0.717) is 43.2 Å². The highest BCUT2D eigenvalue weighted by Gasteiger charge is 2.43. The Kier molecular flexibility index (Phi) is 6.01. The molecule has 162 valence electrons. The lowest BCUT2D eigenvalue weighted by atomic mass is 9.74. The van der Waals surface area contributed by atoms with E-state index in [4.69, 9.17) is 20.1 Å². The number of fused-ring (bicyclic) bond motifs is 1. The molecule has 1 fully saturated rings. The molecular weight excluding hydrogens is 401 g/mol. The molecule has 1 saturated heterocycles. The van der Waals surface area contributed by atoms with Gasteiger partial charge in [-0.05, 0) is 60.4 Å². The summed E-state index contributed by atoms with van der Waals surface area (Å²) >= 11 is 0. The van der Waals surface area contributed by atoms with Crippen LogP contribution in [-0.2, 0) is 26.3 Å². The molecule has 2 heterocycles. The Hall–Kier alpha value is -3.23. The highest BCUT2D eigenvalue weighted by molar-refractivity contribution is 5.83. The van der Waals surface area contributed by atoms with Crippen LogP contribution in [0.2, 0.25) is 0 Å². The molecular formula is C23H24FN3O4. The number of nitrogens with two attached hydrogens (primary N) is 1. The Bertz CT molecular complexity index is 1100. The van der Waals surface area contributed by atoms with Crippen molar-refractivity contribution < 1.29 is 23.4 Å². The summed E-state index contributed by atoms with van der Waals surface area (Å²) in [6.07, 6.45) is 0.861. The lowest BCUT2D eigenvalue weighted by Crippen LogP contribution is -2.42. The van der Waals surface area contributed by atoms with Crippen molar-refractivity contribution in [2.75, 3.05) is 25.7 Å². The third-order valence-corrected chi connectivity index (χ3v) is 5.65. The van der Waals surface area contributed by atoms with Crippen molar-refractivity contribution in [2.24, 2.45) is 5.84 Å². The number of anilines is 1. The van der Waals surface area contributed by atoms with Gasteiger partial charge >= 0.3 is 5.97 Å². The number of rotatable bonds is 6. The van der Waals surface area contributed by atoms with E-state index in [9.17, 15) is 9.18 Å². The lowest BCUT2D eigenvalue weighted by Gasteiger charge is -2.35. The van der Waals surface area contributed by atoms with Crippen LogP contribution in [0, 0.1) is 5.82 Å². The van der Waals surface area contributed by atoms with Crippen LogP contribution in [-0.4, -0.2) is 31.3 Å². The normalized spacial score (nSPS) is 15.5. The predicted molar refractivity (Wildman–Crippen MR) is 114 cm³/mol. The number of carbonyl (C=O) groups excluding carboxylic acids is 1. The van der Waals surface area contributed by atoms with Crippen molar-refractivity contribution in [2.45, 2.75) is 24.9 Å². The van der Waals surface area contributed by atoms with E-state index in [1.165, 1.54) is 19.2 Å². The number of hydrogen-bond acceptors (Lipinski definition) is 7. The number of ether oxygens (including phenoxy) is 3. The molecule has 0 amide bonds. The highest BCUT2D eigenvalue weighted by atomic mass is 19.1. The van der Waals surface area contributed by atoms with E-state index in [1.54, 1.807) is 12.1 Å². The number of aromatic nitrogens is 1. The molecule has 1 aromatic heterocycles. The zero-order valence-electron chi connectivity index (χ0n) is 17.2. The van der Waals surface area contributed by atoms with Gasteiger partial charge in [0, 0.05) is 24.7 Å². The lowest BCUT2D eigenvalue weighted by molar-refractivity contribution is -0.151. The number of halogens is 1. The van der Waals surface area contributed by atoms with E-state index in [0.717, 1.165) is 16.5 Å². The van der Waals surface area contributed by atoms with Gasteiger partial charge in [-0.1, -0.05) is 6.07 Å². The van der Waals surface area contributed by atoms with Crippen LogP contribution in [0.4, 0.5) is 10.2 Å². The summed E-state index contributed by atoms with van der Waals surface area (Å²) in [4.78, 5) is 17.0. The number of nitrogen functional groups attached to an aromatic ring is 1. The molecule has 0 saturated carbocycles. The molecule has 0 radical (unpaired) electrons. The summed E-state index contributed by atoms with van der Waals surface area (Å²) in [6, 6.07) is 13.8. The fraction of sp³-hybridized carbons (Fsp3) is 0.304. The second-order valence-corrected chi connectivity index (χ2v) is 7.52. The van der Waals surface area contributed by atoms with Gasteiger partial charge in [0.1, 0.15) is 24.0 Å². The number of hydrogen-bond donors (Lipinski definition) is 2. The highest BCUT2D eigenvalue weighted by Crippen LogP contribution is 2.38. The minimum atomic E-state index is -0.934.